The number of hydrogen-bond acceptors (Lipinski definition) is 4. The van der Waals surface area contributed by atoms with E-state index in [1.165, 1.54) is 6.07 Å². The van der Waals surface area contributed by atoms with Crippen LogP contribution in [-0.4, -0.2) is 23.9 Å². The fraction of sp³-hybridized carbons (Fsp3) is 0.0769. The molecule has 1 heterocycles. The Bertz CT molecular complexity index is 1670. The molecule has 0 aliphatic rings. The Morgan fingerprint density at radius 1 is 0.971 bits per heavy atom. The van der Waals surface area contributed by atoms with Gasteiger partial charge < -0.3 is 4.57 Å². The van der Waals surface area contributed by atoms with Crippen molar-refractivity contribution in [2.45, 2.75) is 18.4 Å². The molecule has 0 spiro atoms. The van der Waals surface area contributed by atoms with E-state index in [0.29, 0.717) is 28.0 Å². The molecule has 0 saturated carbocycles. The minimum Gasteiger partial charge on any atom is -0.324 e. The molecule has 8 heteroatoms. The molecule has 6 nitrogen and oxygen atoms in total. The van der Waals surface area contributed by atoms with Crippen LogP contribution in [0.2, 0.25) is 5.02 Å². The molecule has 4 aromatic carbocycles. The number of hydrogen-bond donors (Lipinski definition) is 1. The lowest BCUT2D eigenvalue weighted by atomic mass is 10.1. The van der Waals surface area contributed by atoms with Gasteiger partial charge in [-0.15, -0.1) is 0 Å². The van der Waals surface area contributed by atoms with E-state index in [-0.39, 0.29) is 10.5 Å². The van der Waals surface area contributed by atoms with Gasteiger partial charge in [0.25, 0.3) is 15.9 Å². The number of carbonyl (C=O) groups excluding carboxylic acids is 1. The number of nitrogens with zero attached hydrogens (tertiary/aromatic N) is 2. The summed E-state index contributed by atoms with van der Waals surface area (Å²) in [4.78, 5) is 17.6. The molecular formula is C26H20ClN3O3S. The molecule has 0 saturated heterocycles. The predicted octanol–water partition coefficient (Wildman–Crippen LogP) is 5.32. The lowest BCUT2D eigenvalue weighted by Crippen LogP contribution is -2.30. The Kier molecular flexibility index (Phi) is 5.59. The molecule has 0 atom stereocenters. The van der Waals surface area contributed by atoms with Crippen molar-refractivity contribution in [3.05, 3.63) is 107 Å². The maximum Gasteiger partial charge on any atom is 0.265 e. The number of amides is 1. The summed E-state index contributed by atoms with van der Waals surface area (Å²) < 4.78 is 30.3. The summed E-state index contributed by atoms with van der Waals surface area (Å²) in [5.41, 5.74) is 2.56. The Morgan fingerprint density at radius 2 is 1.71 bits per heavy atom. The minimum absolute atomic E-state index is 0.0552. The van der Waals surface area contributed by atoms with Crippen molar-refractivity contribution < 1.29 is 13.2 Å². The SMILES string of the molecule is Cc1nc2ccc(C(=O)NS(=O)(=O)c3cccc4ccccc34)cc2n1Cc1ccccc1Cl. The first-order chi connectivity index (χ1) is 16.3. The molecule has 0 aliphatic heterocycles. The average molecular weight is 490 g/mol. The van der Waals surface area contributed by atoms with Crippen LogP contribution >= 0.6 is 11.6 Å². The van der Waals surface area contributed by atoms with Gasteiger partial charge in [-0.2, -0.15) is 0 Å². The van der Waals surface area contributed by atoms with Gasteiger partial charge in [0.1, 0.15) is 5.82 Å². The minimum atomic E-state index is -4.09. The van der Waals surface area contributed by atoms with E-state index in [1.807, 2.05) is 54.0 Å². The topological polar surface area (TPSA) is 81.1 Å². The average Bonchev–Trinajstić information content (AvgIpc) is 3.14. The van der Waals surface area contributed by atoms with E-state index in [2.05, 4.69) is 9.71 Å². The van der Waals surface area contributed by atoms with Gasteiger partial charge in [0.05, 0.1) is 22.5 Å². The van der Waals surface area contributed by atoms with E-state index in [1.54, 1.807) is 36.4 Å². The molecule has 1 amide bonds. The van der Waals surface area contributed by atoms with Crippen LogP contribution in [0.1, 0.15) is 21.7 Å². The van der Waals surface area contributed by atoms with E-state index < -0.39 is 15.9 Å². The monoisotopic (exact) mass is 489 g/mol. The second kappa shape index (κ2) is 8.59. The van der Waals surface area contributed by atoms with Crippen molar-refractivity contribution in [2.24, 2.45) is 0 Å². The molecular weight excluding hydrogens is 470 g/mol. The molecule has 0 radical (unpaired) electrons. The molecule has 5 rings (SSSR count). The number of aromatic nitrogens is 2. The number of halogens is 1. The number of fused-ring (bicyclic) bond motifs is 2. The highest BCUT2D eigenvalue weighted by molar-refractivity contribution is 7.90. The summed E-state index contributed by atoms with van der Waals surface area (Å²) in [7, 11) is -4.09. The van der Waals surface area contributed by atoms with Crippen molar-refractivity contribution >= 4 is 49.3 Å². The summed E-state index contributed by atoms with van der Waals surface area (Å²) in [6.07, 6.45) is 0. The summed E-state index contributed by atoms with van der Waals surface area (Å²) in [6.45, 7) is 2.35. The Morgan fingerprint density at radius 3 is 2.53 bits per heavy atom. The number of rotatable bonds is 5. The number of benzene rings is 4. The number of sulfonamides is 1. The quantitative estimate of drug-likeness (QED) is 0.362. The summed E-state index contributed by atoms with van der Waals surface area (Å²) >= 11 is 6.33. The van der Waals surface area contributed by atoms with Crippen LogP contribution < -0.4 is 4.72 Å². The normalized spacial score (nSPS) is 11.7. The van der Waals surface area contributed by atoms with Gasteiger partial charge in [0, 0.05) is 16.0 Å². The van der Waals surface area contributed by atoms with Crippen molar-refractivity contribution in [1.29, 1.82) is 0 Å². The zero-order valence-electron chi connectivity index (χ0n) is 18.2. The van der Waals surface area contributed by atoms with Crippen LogP contribution in [0.25, 0.3) is 21.8 Å². The Labute approximate surface area is 201 Å². The highest BCUT2D eigenvalue weighted by atomic mass is 35.5. The van der Waals surface area contributed by atoms with Crippen LogP contribution in [0.3, 0.4) is 0 Å². The number of nitrogens with one attached hydrogen (secondary N) is 1. The number of aryl methyl sites for hydroxylation is 1. The van der Waals surface area contributed by atoms with E-state index >= 15 is 0 Å². The summed E-state index contributed by atoms with van der Waals surface area (Å²) in [5.74, 6) is 0.0498. The largest absolute Gasteiger partial charge is 0.324 e. The molecule has 0 unspecified atom stereocenters. The van der Waals surface area contributed by atoms with Crippen LogP contribution in [0, 0.1) is 6.92 Å². The molecule has 0 bridgehead atoms. The molecule has 0 aliphatic carbocycles. The maximum atomic E-state index is 13.1. The summed E-state index contributed by atoms with van der Waals surface area (Å²) in [6, 6.07) is 24.6. The smallest absolute Gasteiger partial charge is 0.265 e. The van der Waals surface area contributed by atoms with Gasteiger partial charge in [-0.3, -0.25) is 4.79 Å². The number of imidazole rings is 1. The predicted molar refractivity (Wildman–Crippen MR) is 134 cm³/mol. The second-order valence-corrected chi connectivity index (χ2v) is 10.0. The molecule has 5 aromatic rings. The van der Waals surface area contributed by atoms with Crippen molar-refractivity contribution in [2.75, 3.05) is 0 Å². The van der Waals surface area contributed by atoms with E-state index in [4.69, 9.17) is 11.6 Å². The third-order valence-corrected chi connectivity index (χ3v) is 7.51. The van der Waals surface area contributed by atoms with Crippen molar-refractivity contribution in [3.8, 4) is 0 Å². The first-order valence-corrected chi connectivity index (χ1v) is 12.4. The van der Waals surface area contributed by atoms with Gasteiger partial charge in [-0.05, 0) is 48.2 Å². The third kappa shape index (κ3) is 4.04. The molecule has 1 N–H and O–H groups in total. The highest BCUT2D eigenvalue weighted by Crippen LogP contribution is 2.25. The van der Waals surface area contributed by atoms with Crippen molar-refractivity contribution in [1.82, 2.24) is 14.3 Å². The maximum absolute atomic E-state index is 13.1. The highest BCUT2D eigenvalue weighted by Gasteiger charge is 2.22. The molecule has 170 valence electrons. The Balaban J connectivity index is 1.49. The van der Waals surface area contributed by atoms with Crippen LogP contribution in [-0.2, 0) is 16.6 Å². The zero-order valence-corrected chi connectivity index (χ0v) is 19.8. The van der Waals surface area contributed by atoms with Crippen molar-refractivity contribution in [3.63, 3.8) is 0 Å². The fourth-order valence-corrected chi connectivity index (χ4v) is 5.45. The first kappa shape index (κ1) is 22.1. The van der Waals surface area contributed by atoms with Gasteiger partial charge in [-0.25, -0.2) is 18.1 Å². The fourth-order valence-electron chi connectivity index (χ4n) is 4.05. The number of carbonyl (C=O) groups is 1. The van der Waals surface area contributed by atoms with Crippen LogP contribution in [0.4, 0.5) is 0 Å². The van der Waals surface area contributed by atoms with E-state index in [9.17, 15) is 13.2 Å². The summed E-state index contributed by atoms with van der Waals surface area (Å²) in [5, 5.41) is 1.96. The van der Waals surface area contributed by atoms with Gasteiger partial charge >= 0.3 is 0 Å². The van der Waals surface area contributed by atoms with Crippen LogP contribution in [0.5, 0.6) is 0 Å². The standard InChI is InChI=1S/C26H20ClN3O3S/c1-17-28-23-14-13-19(15-24(23)30(17)16-20-8-3-5-11-22(20)27)26(31)29-34(32,33)25-12-6-9-18-7-2-4-10-21(18)25/h2-15H,16H2,1H3,(H,29,31). The molecule has 34 heavy (non-hydrogen) atoms. The Hall–Kier alpha value is -3.68. The van der Waals surface area contributed by atoms with Gasteiger partial charge in [0.15, 0.2) is 0 Å². The lowest BCUT2D eigenvalue weighted by Gasteiger charge is -2.11. The first-order valence-electron chi connectivity index (χ1n) is 10.6. The zero-order chi connectivity index (χ0) is 23.9. The molecule has 1 aromatic heterocycles. The van der Waals surface area contributed by atoms with E-state index in [0.717, 1.165) is 16.8 Å². The lowest BCUT2D eigenvalue weighted by molar-refractivity contribution is 0.0981. The second-order valence-electron chi connectivity index (χ2n) is 7.95. The van der Waals surface area contributed by atoms with Gasteiger partial charge in [-0.1, -0.05) is 66.2 Å². The third-order valence-electron chi connectivity index (χ3n) is 5.75. The van der Waals surface area contributed by atoms with Gasteiger partial charge in [0.2, 0.25) is 0 Å². The van der Waals surface area contributed by atoms with Crippen LogP contribution in [0.15, 0.2) is 89.8 Å². The molecule has 0 fully saturated rings.